The second-order valence-corrected chi connectivity index (χ2v) is 21.1. The fourth-order valence-corrected chi connectivity index (χ4v) is 11.5. The van der Waals surface area contributed by atoms with Crippen molar-refractivity contribution in [1.82, 2.24) is 15.0 Å². The average Bonchev–Trinajstić information content (AvgIpc) is 3.70. The van der Waals surface area contributed by atoms with E-state index in [1.54, 1.807) is 0 Å². The lowest BCUT2D eigenvalue weighted by molar-refractivity contribution is 1.18. The molecule has 2 aromatic heterocycles. The molecule has 2 heterocycles. The number of benzene rings is 12. The van der Waals surface area contributed by atoms with Gasteiger partial charge in [-0.3, -0.25) is 0 Å². The van der Waals surface area contributed by atoms with Crippen LogP contribution in [0, 0.1) is 0 Å². The van der Waals surface area contributed by atoms with Crippen molar-refractivity contribution in [1.29, 1.82) is 0 Å². The Hall–Kier alpha value is -11.1. The Labute approximate surface area is 491 Å². The second-order valence-electron chi connectivity index (χ2n) is 21.1. The smallest absolute Gasteiger partial charge is 0.160 e. The van der Waals surface area contributed by atoms with E-state index in [0.29, 0.717) is 5.82 Å². The van der Waals surface area contributed by atoms with Crippen LogP contribution in [0.25, 0.3) is 145 Å². The third-order valence-corrected chi connectivity index (χ3v) is 15.7. The van der Waals surface area contributed by atoms with Gasteiger partial charge in [0.1, 0.15) is 0 Å². The molecule has 0 saturated carbocycles. The predicted molar refractivity (Wildman–Crippen MR) is 350 cm³/mol. The lowest BCUT2D eigenvalue weighted by Gasteiger charge is -2.23. The highest BCUT2D eigenvalue weighted by atomic mass is 14.9. The molecule has 0 atom stereocenters. The summed E-state index contributed by atoms with van der Waals surface area (Å²) in [5.41, 5.74) is 26.4. The first-order valence-electron chi connectivity index (χ1n) is 28.6. The van der Waals surface area contributed by atoms with Gasteiger partial charge in [-0.05, 0) is 115 Å². The standard InChI is InChI=1S/C81H55N3/c1-9-25-56(26-10-1)68-49-69(57-27-11-2-12-28-57)52-72(51-68)75-55-74(82-81(83-75)73-53-70(58-29-13-3-14-30-58)50-71(54-73)59-31-15-4-16-32-59)62-45-41-60(42-46-62)61-43-47-65(48-44-61)76-77(63-33-17-5-18-34-63)79(66-37-21-7-22-38-66)84-80(67-39-23-8-24-40-67)78(76)64-35-19-6-20-36-64/h1-55H. The fourth-order valence-electron chi connectivity index (χ4n) is 11.5. The van der Waals surface area contributed by atoms with Crippen molar-refractivity contribution in [3.63, 3.8) is 0 Å². The van der Waals surface area contributed by atoms with Gasteiger partial charge in [0, 0.05) is 44.5 Å². The van der Waals surface area contributed by atoms with E-state index < -0.39 is 0 Å². The van der Waals surface area contributed by atoms with Gasteiger partial charge in [0.05, 0.1) is 22.8 Å². The molecule has 0 amide bonds. The molecule has 0 aliphatic carbocycles. The molecule has 0 fully saturated rings. The van der Waals surface area contributed by atoms with Crippen molar-refractivity contribution in [3.05, 3.63) is 334 Å². The van der Waals surface area contributed by atoms with Crippen LogP contribution in [0.3, 0.4) is 0 Å². The number of rotatable bonds is 13. The molecule has 0 spiro atoms. The molecule has 0 N–H and O–H groups in total. The summed E-state index contributed by atoms with van der Waals surface area (Å²) in [6.07, 6.45) is 0. The van der Waals surface area contributed by atoms with Gasteiger partial charge in [-0.25, -0.2) is 15.0 Å². The number of pyridine rings is 1. The van der Waals surface area contributed by atoms with Crippen LogP contribution in [0.1, 0.15) is 0 Å². The molecule has 14 rings (SSSR count). The van der Waals surface area contributed by atoms with Gasteiger partial charge in [0.15, 0.2) is 5.82 Å². The zero-order valence-corrected chi connectivity index (χ0v) is 46.1. The van der Waals surface area contributed by atoms with Crippen LogP contribution in [0.5, 0.6) is 0 Å². The maximum absolute atomic E-state index is 5.65. The largest absolute Gasteiger partial charge is 0.246 e. The summed E-state index contributed by atoms with van der Waals surface area (Å²) in [7, 11) is 0. The van der Waals surface area contributed by atoms with E-state index in [4.69, 9.17) is 15.0 Å². The maximum Gasteiger partial charge on any atom is 0.160 e. The van der Waals surface area contributed by atoms with E-state index in [1.807, 2.05) is 0 Å². The monoisotopic (exact) mass is 1070 g/mol. The normalized spacial score (nSPS) is 11.1. The number of hydrogen-bond acceptors (Lipinski definition) is 3. The Bertz CT molecular complexity index is 4190. The molecule has 394 valence electrons. The van der Waals surface area contributed by atoms with Crippen LogP contribution in [0.2, 0.25) is 0 Å². The van der Waals surface area contributed by atoms with E-state index in [9.17, 15) is 0 Å². The van der Waals surface area contributed by atoms with Gasteiger partial charge < -0.3 is 0 Å². The van der Waals surface area contributed by atoms with Crippen LogP contribution >= 0.6 is 0 Å². The Kier molecular flexibility index (Phi) is 14.1. The first-order valence-corrected chi connectivity index (χ1v) is 28.6. The van der Waals surface area contributed by atoms with Crippen molar-refractivity contribution in [2.24, 2.45) is 0 Å². The molecule has 3 nitrogen and oxygen atoms in total. The average molecular weight is 1070 g/mol. The maximum atomic E-state index is 5.65. The van der Waals surface area contributed by atoms with Crippen LogP contribution in [-0.2, 0) is 0 Å². The molecule has 84 heavy (non-hydrogen) atoms. The highest BCUT2D eigenvalue weighted by Crippen LogP contribution is 2.49. The Morgan fingerprint density at radius 1 is 0.143 bits per heavy atom. The van der Waals surface area contributed by atoms with Gasteiger partial charge in [0.25, 0.3) is 0 Å². The second kappa shape index (κ2) is 23.2. The Balaban J connectivity index is 0.913. The quantitative estimate of drug-likeness (QED) is 0.115. The zero-order chi connectivity index (χ0) is 56.0. The van der Waals surface area contributed by atoms with E-state index in [0.717, 1.165) is 140 Å². The van der Waals surface area contributed by atoms with Crippen molar-refractivity contribution in [2.45, 2.75) is 0 Å². The van der Waals surface area contributed by atoms with Gasteiger partial charge in [-0.2, -0.15) is 0 Å². The molecule has 14 aromatic rings. The van der Waals surface area contributed by atoms with Gasteiger partial charge >= 0.3 is 0 Å². The number of hydrogen-bond donors (Lipinski definition) is 0. The minimum absolute atomic E-state index is 0.648. The van der Waals surface area contributed by atoms with E-state index in [1.165, 1.54) is 0 Å². The summed E-state index contributed by atoms with van der Waals surface area (Å²) in [5, 5.41) is 0. The van der Waals surface area contributed by atoms with E-state index >= 15 is 0 Å². The topological polar surface area (TPSA) is 38.7 Å². The Morgan fingerprint density at radius 3 is 0.726 bits per heavy atom. The Morgan fingerprint density at radius 2 is 0.381 bits per heavy atom. The number of aromatic nitrogens is 3. The molecule has 0 aliphatic rings. The molecule has 0 bridgehead atoms. The summed E-state index contributed by atoms with van der Waals surface area (Å²) in [5.74, 6) is 0.648. The highest BCUT2D eigenvalue weighted by Gasteiger charge is 2.25. The summed E-state index contributed by atoms with van der Waals surface area (Å²) in [4.78, 5) is 16.7. The first-order chi connectivity index (χ1) is 41.6. The number of nitrogens with zero attached hydrogens (tertiary/aromatic N) is 3. The van der Waals surface area contributed by atoms with Crippen molar-refractivity contribution < 1.29 is 0 Å². The summed E-state index contributed by atoms with van der Waals surface area (Å²) in [6, 6.07) is 119. The fraction of sp³-hybridized carbons (Fsp3) is 0. The third-order valence-electron chi connectivity index (χ3n) is 15.7. The van der Waals surface area contributed by atoms with Gasteiger partial charge in [0.2, 0.25) is 0 Å². The van der Waals surface area contributed by atoms with Crippen LogP contribution in [-0.4, -0.2) is 15.0 Å². The van der Waals surface area contributed by atoms with Crippen LogP contribution in [0.15, 0.2) is 334 Å². The van der Waals surface area contributed by atoms with Crippen molar-refractivity contribution >= 4 is 0 Å². The molecule has 0 radical (unpaired) electrons. The van der Waals surface area contributed by atoms with Gasteiger partial charge in [-0.1, -0.05) is 291 Å². The van der Waals surface area contributed by atoms with Crippen LogP contribution < -0.4 is 0 Å². The van der Waals surface area contributed by atoms with Gasteiger partial charge in [-0.15, -0.1) is 0 Å². The molecular formula is C81H55N3. The SMILES string of the molecule is c1ccc(-c2cc(-c3ccccc3)cc(-c3cc(-c4ccc(-c5ccc(-c6c(-c7ccccc7)c(-c7ccccc7)nc(-c7ccccc7)c6-c6ccccc6)cc5)cc4)nc(-c4cc(-c5ccccc5)cc(-c5ccccc5)c4)n3)c2)cc1. The predicted octanol–water partition coefficient (Wildman–Crippen LogP) is 21.5. The molecule has 3 heteroatoms. The lowest BCUT2D eigenvalue weighted by Crippen LogP contribution is -2.01. The van der Waals surface area contributed by atoms with Crippen molar-refractivity contribution in [2.75, 3.05) is 0 Å². The lowest BCUT2D eigenvalue weighted by atomic mass is 9.83. The first kappa shape index (κ1) is 51.0. The summed E-state index contributed by atoms with van der Waals surface area (Å²) in [6.45, 7) is 0. The minimum Gasteiger partial charge on any atom is -0.246 e. The van der Waals surface area contributed by atoms with Crippen molar-refractivity contribution in [3.8, 4) is 145 Å². The van der Waals surface area contributed by atoms with Crippen LogP contribution in [0.4, 0.5) is 0 Å². The molecule has 0 unspecified atom stereocenters. The minimum atomic E-state index is 0.648. The zero-order valence-electron chi connectivity index (χ0n) is 46.1. The summed E-state index contributed by atoms with van der Waals surface area (Å²) >= 11 is 0. The van der Waals surface area contributed by atoms with E-state index in [2.05, 4.69) is 334 Å². The molecule has 0 aliphatic heterocycles. The molecule has 12 aromatic carbocycles. The third kappa shape index (κ3) is 10.6. The highest BCUT2D eigenvalue weighted by molar-refractivity contribution is 6.05. The van der Waals surface area contributed by atoms with E-state index in [-0.39, 0.29) is 0 Å². The summed E-state index contributed by atoms with van der Waals surface area (Å²) < 4.78 is 0. The molecular weight excluding hydrogens is 1010 g/mol. The molecule has 0 saturated heterocycles.